The molecular formula is C20H15ClINO2. The lowest BCUT2D eigenvalue weighted by atomic mass is 10.0. The molecule has 0 saturated carbocycles. The van der Waals surface area contributed by atoms with E-state index in [1.54, 1.807) is 41.2 Å². The van der Waals surface area contributed by atoms with Crippen molar-refractivity contribution in [3.05, 3.63) is 94.5 Å². The van der Waals surface area contributed by atoms with Gasteiger partial charge in [-0.1, -0.05) is 54.1 Å². The molecule has 0 fully saturated rings. The van der Waals surface area contributed by atoms with Crippen LogP contribution in [0.5, 0.6) is 5.75 Å². The van der Waals surface area contributed by atoms with Gasteiger partial charge in [0.1, 0.15) is 5.75 Å². The van der Waals surface area contributed by atoms with Crippen LogP contribution in [0.25, 0.3) is 0 Å². The smallest absolute Gasteiger partial charge is 0.259 e. The zero-order valence-corrected chi connectivity index (χ0v) is 16.1. The average Bonchev–Trinajstić information content (AvgIpc) is 2.64. The number of hydrogen-bond acceptors (Lipinski definition) is 2. The topological polar surface area (TPSA) is 38.3 Å². The van der Waals surface area contributed by atoms with Gasteiger partial charge >= 0.3 is 0 Å². The van der Waals surface area contributed by atoms with Crippen molar-refractivity contribution in [2.45, 2.75) is 6.42 Å². The van der Waals surface area contributed by atoms with E-state index in [2.05, 4.69) is 17.4 Å². The molecule has 0 unspecified atom stereocenters. The Morgan fingerprint density at radius 2 is 1.64 bits per heavy atom. The summed E-state index contributed by atoms with van der Waals surface area (Å²) in [5, 5.41) is 3.36. The maximum atomic E-state index is 12.5. The van der Waals surface area contributed by atoms with Crippen LogP contribution in [0, 0.1) is 0 Å². The summed E-state index contributed by atoms with van der Waals surface area (Å²) in [6.45, 7) is 0. The maximum Gasteiger partial charge on any atom is 0.259 e. The Labute approximate surface area is 165 Å². The van der Waals surface area contributed by atoms with Gasteiger partial charge in [-0.05, 0) is 47.9 Å². The SMILES string of the molecule is O=C(Nc1ccc(Cc2ccccc2)cc1)c1cc(Cl)ccc1OI. The normalized spacial score (nSPS) is 10.3. The van der Waals surface area contributed by atoms with Gasteiger partial charge in [0.05, 0.1) is 5.56 Å². The van der Waals surface area contributed by atoms with Gasteiger partial charge in [-0.15, -0.1) is 0 Å². The molecule has 3 aromatic carbocycles. The van der Waals surface area contributed by atoms with Gasteiger partial charge in [0.25, 0.3) is 5.91 Å². The van der Waals surface area contributed by atoms with Crippen LogP contribution in [-0.4, -0.2) is 5.91 Å². The Bertz CT molecular complexity index is 867. The molecule has 0 aliphatic rings. The number of hydrogen-bond donors (Lipinski definition) is 1. The molecule has 0 aliphatic carbocycles. The van der Waals surface area contributed by atoms with Crippen LogP contribution in [-0.2, 0) is 6.42 Å². The molecule has 0 saturated heterocycles. The fourth-order valence-electron chi connectivity index (χ4n) is 2.48. The van der Waals surface area contributed by atoms with Crippen molar-refractivity contribution < 1.29 is 7.86 Å². The Hall–Kier alpha value is -2.05. The Balaban J connectivity index is 1.71. The predicted octanol–water partition coefficient (Wildman–Crippen LogP) is 5.91. The minimum absolute atomic E-state index is 0.259. The summed E-state index contributed by atoms with van der Waals surface area (Å²) >= 11 is 7.73. The van der Waals surface area contributed by atoms with Gasteiger partial charge in [-0.25, -0.2) is 0 Å². The predicted molar refractivity (Wildman–Crippen MR) is 110 cm³/mol. The minimum atomic E-state index is -0.259. The first-order valence-electron chi connectivity index (χ1n) is 7.68. The van der Waals surface area contributed by atoms with Crippen molar-refractivity contribution in [3.8, 4) is 5.75 Å². The summed E-state index contributed by atoms with van der Waals surface area (Å²) in [5.74, 6) is 0.216. The maximum absolute atomic E-state index is 12.5. The van der Waals surface area contributed by atoms with E-state index in [1.807, 2.05) is 42.5 Å². The van der Waals surface area contributed by atoms with E-state index in [0.29, 0.717) is 16.3 Å². The van der Waals surface area contributed by atoms with E-state index in [4.69, 9.17) is 14.7 Å². The lowest BCUT2D eigenvalue weighted by Crippen LogP contribution is -2.12. The third-order valence-corrected chi connectivity index (χ3v) is 4.44. The molecule has 0 atom stereocenters. The van der Waals surface area contributed by atoms with Crippen molar-refractivity contribution in [3.63, 3.8) is 0 Å². The highest BCUT2D eigenvalue weighted by Crippen LogP contribution is 2.25. The number of nitrogens with one attached hydrogen (secondary N) is 1. The number of rotatable bonds is 5. The molecule has 0 aliphatic heterocycles. The highest BCUT2D eigenvalue weighted by molar-refractivity contribution is 14.1. The quantitative estimate of drug-likeness (QED) is 0.478. The van der Waals surface area contributed by atoms with Crippen molar-refractivity contribution in [2.75, 3.05) is 5.32 Å². The molecule has 0 spiro atoms. The van der Waals surface area contributed by atoms with Crippen molar-refractivity contribution >= 4 is 46.2 Å². The van der Waals surface area contributed by atoms with Gasteiger partial charge < -0.3 is 8.38 Å². The summed E-state index contributed by atoms with van der Waals surface area (Å²) < 4.78 is 5.20. The molecule has 0 bridgehead atoms. The molecule has 1 N–H and O–H groups in total. The lowest BCUT2D eigenvalue weighted by Gasteiger charge is -2.09. The summed E-state index contributed by atoms with van der Waals surface area (Å²) in [5.41, 5.74) is 3.56. The van der Waals surface area contributed by atoms with Gasteiger partial charge in [0.2, 0.25) is 0 Å². The molecule has 0 radical (unpaired) electrons. The molecule has 3 rings (SSSR count). The minimum Gasteiger partial charge on any atom is -0.427 e. The number of benzene rings is 3. The molecule has 3 aromatic rings. The Morgan fingerprint density at radius 3 is 2.32 bits per heavy atom. The number of anilines is 1. The van der Waals surface area contributed by atoms with Crippen LogP contribution >= 0.6 is 34.6 Å². The van der Waals surface area contributed by atoms with E-state index in [1.165, 1.54) is 11.1 Å². The van der Waals surface area contributed by atoms with Crippen LogP contribution in [0.1, 0.15) is 21.5 Å². The molecule has 1 amide bonds. The first kappa shape index (κ1) is 17.8. The van der Waals surface area contributed by atoms with Crippen molar-refractivity contribution in [1.29, 1.82) is 0 Å². The number of carbonyl (C=O) groups is 1. The first-order valence-corrected chi connectivity index (χ1v) is 8.94. The van der Waals surface area contributed by atoms with Crippen molar-refractivity contribution in [2.24, 2.45) is 0 Å². The van der Waals surface area contributed by atoms with E-state index in [9.17, 15) is 4.79 Å². The molecule has 0 heterocycles. The monoisotopic (exact) mass is 463 g/mol. The van der Waals surface area contributed by atoms with Gasteiger partial charge in [0, 0.05) is 10.7 Å². The first-order chi connectivity index (χ1) is 12.2. The summed E-state index contributed by atoms with van der Waals surface area (Å²) in [6, 6.07) is 23.0. The van der Waals surface area contributed by atoms with Gasteiger partial charge in [-0.2, -0.15) is 0 Å². The van der Waals surface area contributed by atoms with E-state index in [-0.39, 0.29) is 5.91 Å². The fourth-order valence-corrected chi connectivity index (χ4v) is 3.04. The second-order valence-corrected chi connectivity index (χ2v) is 6.41. The molecule has 25 heavy (non-hydrogen) atoms. The average molecular weight is 464 g/mol. The molecule has 0 aromatic heterocycles. The standard InChI is InChI=1S/C20H15ClINO2/c21-16-8-11-19(25-22)18(13-16)20(24)23-17-9-6-15(7-10-17)12-14-4-2-1-3-5-14/h1-11,13H,12H2,(H,23,24). The van der Waals surface area contributed by atoms with Gasteiger partial charge in [0.15, 0.2) is 23.0 Å². The van der Waals surface area contributed by atoms with E-state index >= 15 is 0 Å². The van der Waals surface area contributed by atoms with Crippen molar-refractivity contribution in [1.82, 2.24) is 0 Å². The molecule has 3 nitrogen and oxygen atoms in total. The second kappa shape index (κ2) is 8.36. The Morgan fingerprint density at radius 1 is 0.960 bits per heavy atom. The summed E-state index contributed by atoms with van der Waals surface area (Å²) in [6.07, 6.45) is 0.857. The van der Waals surface area contributed by atoms with Crippen LogP contribution in [0.2, 0.25) is 5.02 Å². The second-order valence-electron chi connectivity index (χ2n) is 5.53. The molecule has 5 heteroatoms. The Kier molecular flexibility index (Phi) is 5.94. The highest BCUT2D eigenvalue weighted by atomic mass is 127. The zero-order chi connectivity index (χ0) is 17.6. The van der Waals surface area contributed by atoms with E-state index < -0.39 is 0 Å². The number of amides is 1. The lowest BCUT2D eigenvalue weighted by molar-refractivity contribution is 0.102. The van der Waals surface area contributed by atoms with Crippen LogP contribution in [0.3, 0.4) is 0 Å². The number of halogens is 2. The summed E-state index contributed by atoms with van der Waals surface area (Å²) in [7, 11) is 0. The van der Waals surface area contributed by atoms with Crippen LogP contribution in [0.15, 0.2) is 72.8 Å². The van der Waals surface area contributed by atoms with E-state index in [0.717, 1.165) is 12.1 Å². The summed E-state index contributed by atoms with van der Waals surface area (Å²) in [4.78, 5) is 12.5. The largest absolute Gasteiger partial charge is 0.427 e. The third-order valence-electron chi connectivity index (χ3n) is 3.73. The third kappa shape index (κ3) is 4.74. The zero-order valence-electron chi connectivity index (χ0n) is 13.2. The number of carbonyl (C=O) groups excluding carboxylic acids is 1. The van der Waals surface area contributed by atoms with Crippen LogP contribution < -0.4 is 8.38 Å². The van der Waals surface area contributed by atoms with Crippen LogP contribution in [0.4, 0.5) is 5.69 Å². The van der Waals surface area contributed by atoms with Gasteiger partial charge in [-0.3, -0.25) is 4.79 Å². The molecular weight excluding hydrogens is 449 g/mol. The molecule has 126 valence electrons. The fraction of sp³-hybridized carbons (Fsp3) is 0.0500. The highest BCUT2D eigenvalue weighted by Gasteiger charge is 2.13.